The Bertz CT molecular complexity index is 627. The molecule has 1 aromatic rings. The predicted octanol–water partition coefficient (Wildman–Crippen LogP) is 2.36. The Hall–Kier alpha value is -2.04. The van der Waals surface area contributed by atoms with Crippen LogP contribution in [-0.2, 0) is 23.1 Å². The van der Waals surface area contributed by atoms with Crippen LogP contribution in [-0.4, -0.2) is 37.4 Å². The van der Waals surface area contributed by atoms with E-state index in [4.69, 9.17) is 10.3 Å². The van der Waals surface area contributed by atoms with Crippen LogP contribution in [0.25, 0.3) is 11.3 Å². The van der Waals surface area contributed by atoms with Crippen molar-refractivity contribution >= 4 is 24.6 Å². The summed E-state index contributed by atoms with van der Waals surface area (Å²) in [6.07, 6.45) is 1.05. The van der Waals surface area contributed by atoms with E-state index in [-0.39, 0.29) is 5.76 Å². The minimum Gasteiger partial charge on any atom is -0.496 e. The first-order valence-corrected chi connectivity index (χ1v) is 7.36. The van der Waals surface area contributed by atoms with Gasteiger partial charge in [0.2, 0.25) is 0 Å². The summed E-state index contributed by atoms with van der Waals surface area (Å²) in [5.41, 5.74) is 8.83. The van der Waals surface area contributed by atoms with E-state index in [9.17, 15) is 9.36 Å². The van der Waals surface area contributed by atoms with E-state index >= 15 is 0 Å². The lowest BCUT2D eigenvalue weighted by molar-refractivity contribution is -0.112. The predicted molar refractivity (Wildman–Crippen MR) is 76.7 cm³/mol. The van der Waals surface area contributed by atoms with Crippen LogP contribution in [0.15, 0.2) is 36.4 Å². The summed E-state index contributed by atoms with van der Waals surface area (Å²) in [5.74, 6) is -0.620. The van der Waals surface area contributed by atoms with Crippen molar-refractivity contribution in [1.29, 1.82) is 0 Å². The maximum atomic E-state index is 12.1. The summed E-state index contributed by atoms with van der Waals surface area (Å²) < 4.78 is 26.5. The maximum Gasteiger partial charge on any atom is 0.448 e. The van der Waals surface area contributed by atoms with Gasteiger partial charge in [-0.2, -0.15) is 4.79 Å². The summed E-state index contributed by atoms with van der Waals surface area (Å²) in [6, 6.07) is 8.80. The van der Waals surface area contributed by atoms with E-state index in [0.29, 0.717) is 5.56 Å². The molecule has 0 radical (unpaired) electrons. The summed E-state index contributed by atoms with van der Waals surface area (Å²) in [7, 11) is -0.404. The maximum absolute atomic E-state index is 12.1. The first kappa shape index (κ1) is 17.0. The van der Waals surface area contributed by atoms with Gasteiger partial charge in [0, 0.05) is 25.9 Å². The first-order valence-electron chi connectivity index (χ1n) is 5.82. The molecule has 1 aromatic carbocycles. The number of ether oxygens (including phenoxy) is 1. The molecule has 0 N–H and O–H groups in total. The average Bonchev–Trinajstić information content (AvgIpc) is 2.53. The third kappa shape index (κ3) is 3.97. The monoisotopic (exact) mass is 310 g/mol. The molecule has 0 heterocycles. The average molecular weight is 310 g/mol. The van der Waals surface area contributed by atoms with Crippen molar-refractivity contribution < 1.29 is 27.9 Å². The molecular formula is C13H15N2O5P. The zero-order chi connectivity index (χ0) is 15.9. The number of hydrogen-bond acceptors (Lipinski definition) is 5. The number of nitrogens with zero attached hydrogens (tertiary/aromatic N) is 2. The van der Waals surface area contributed by atoms with E-state index in [1.54, 1.807) is 24.3 Å². The quantitative estimate of drug-likeness (QED) is 0.192. The molecule has 0 fully saturated rings. The molecule has 1 rings (SSSR count). The van der Waals surface area contributed by atoms with E-state index < -0.39 is 18.8 Å². The summed E-state index contributed by atoms with van der Waals surface area (Å²) in [6.45, 7) is 0. The smallest absolute Gasteiger partial charge is 0.448 e. The van der Waals surface area contributed by atoms with Crippen LogP contribution in [0.2, 0.25) is 0 Å². The zero-order valence-corrected chi connectivity index (χ0v) is 12.7. The molecule has 0 aliphatic rings. The Labute approximate surface area is 122 Å². The van der Waals surface area contributed by atoms with Crippen LogP contribution in [0.4, 0.5) is 0 Å². The SMILES string of the molecule is CO/C(=C\C(=O)C(=[N+]=[N-])P(=O)(OC)OC)c1ccccc1. The van der Waals surface area contributed by atoms with Gasteiger partial charge in [-0.3, -0.25) is 4.79 Å². The van der Waals surface area contributed by atoms with Gasteiger partial charge >= 0.3 is 13.0 Å². The van der Waals surface area contributed by atoms with Gasteiger partial charge in [-0.15, -0.1) is 0 Å². The van der Waals surface area contributed by atoms with Crippen molar-refractivity contribution in [3.8, 4) is 0 Å². The molecule has 0 saturated heterocycles. The van der Waals surface area contributed by atoms with Crippen LogP contribution in [0.1, 0.15) is 5.56 Å². The van der Waals surface area contributed by atoms with Crippen LogP contribution in [0, 0.1) is 0 Å². The minimum absolute atomic E-state index is 0.223. The molecule has 0 amide bonds. The fraction of sp³-hybridized carbons (Fsp3) is 0.231. The van der Waals surface area contributed by atoms with Crippen molar-refractivity contribution in [3.05, 3.63) is 47.5 Å². The fourth-order valence-corrected chi connectivity index (χ4v) is 2.47. The van der Waals surface area contributed by atoms with Gasteiger partial charge < -0.3 is 19.3 Å². The number of benzene rings is 1. The van der Waals surface area contributed by atoms with Gasteiger partial charge in [-0.1, -0.05) is 30.3 Å². The first-order chi connectivity index (χ1) is 10.0. The van der Waals surface area contributed by atoms with Crippen molar-refractivity contribution in [2.75, 3.05) is 21.3 Å². The van der Waals surface area contributed by atoms with Gasteiger partial charge in [-0.25, -0.2) is 4.57 Å². The van der Waals surface area contributed by atoms with Crippen LogP contribution in [0.5, 0.6) is 0 Å². The highest BCUT2D eigenvalue weighted by atomic mass is 31.2. The minimum atomic E-state index is -3.96. The second-order valence-corrected chi connectivity index (χ2v) is 5.88. The van der Waals surface area contributed by atoms with Crippen molar-refractivity contribution in [3.63, 3.8) is 0 Å². The Balaban J connectivity index is 3.21. The topological polar surface area (TPSA) is 98.2 Å². The molecule has 0 bridgehead atoms. The van der Waals surface area contributed by atoms with Crippen molar-refractivity contribution in [2.24, 2.45) is 0 Å². The van der Waals surface area contributed by atoms with Gasteiger partial charge in [0.05, 0.1) is 7.11 Å². The van der Waals surface area contributed by atoms with Gasteiger partial charge in [0.1, 0.15) is 5.76 Å². The summed E-state index contributed by atoms with van der Waals surface area (Å²) >= 11 is 0. The molecule has 0 aliphatic carbocycles. The number of ketones is 1. The summed E-state index contributed by atoms with van der Waals surface area (Å²) in [4.78, 5) is 14.8. The normalized spacial score (nSPS) is 11.7. The second kappa shape index (κ2) is 7.67. The van der Waals surface area contributed by atoms with Crippen molar-refractivity contribution in [2.45, 2.75) is 0 Å². The lowest BCUT2D eigenvalue weighted by Gasteiger charge is -2.08. The standard InChI is InChI=1S/C13H15N2O5P/c1-18-12(10-7-5-4-6-8-10)9-11(16)13(15-14)21(17,19-2)20-3/h4-9H,1-3H3/b12-9-. The third-order valence-corrected chi connectivity index (χ3v) is 4.39. The molecule has 0 spiro atoms. The van der Waals surface area contributed by atoms with Gasteiger partial charge in [0.25, 0.3) is 5.78 Å². The second-order valence-electron chi connectivity index (χ2n) is 3.73. The Morgan fingerprint density at radius 3 is 2.19 bits per heavy atom. The Kier molecular flexibility index (Phi) is 6.21. The van der Waals surface area contributed by atoms with Gasteiger partial charge in [-0.05, 0) is 0 Å². The molecule has 0 unspecified atom stereocenters. The molecule has 0 aliphatic heterocycles. The molecule has 0 aromatic heterocycles. The largest absolute Gasteiger partial charge is 0.496 e. The lowest BCUT2D eigenvalue weighted by Crippen LogP contribution is -2.16. The number of carbonyl (C=O) groups excluding carboxylic acids is 1. The Morgan fingerprint density at radius 2 is 1.76 bits per heavy atom. The third-order valence-electron chi connectivity index (χ3n) is 2.60. The molecule has 0 atom stereocenters. The molecule has 112 valence electrons. The Morgan fingerprint density at radius 1 is 1.19 bits per heavy atom. The zero-order valence-electron chi connectivity index (χ0n) is 11.8. The molecular weight excluding hydrogens is 295 g/mol. The molecule has 21 heavy (non-hydrogen) atoms. The van der Waals surface area contributed by atoms with Crippen LogP contribution in [0.3, 0.4) is 0 Å². The van der Waals surface area contributed by atoms with E-state index in [0.717, 1.165) is 20.3 Å². The summed E-state index contributed by atoms with van der Waals surface area (Å²) in [5, 5.41) is 0. The highest BCUT2D eigenvalue weighted by Crippen LogP contribution is 2.47. The van der Waals surface area contributed by atoms with E-state index in [1.807, 2.05) is 6.07 Å². The van der Waals surface area contributed by atoms with E-state index in [1.165, 1.54) is 7.11 Å². The van der Waals surface area contributed by atoms with E-state index in [2.05, 4.69) is 13.8 Å². The molecule has 8 heteroatoms. The highest BCUT2D eigenvalue weighted by Gasteiger charge is 2.43. The fourth-order valence-electron chi connectivity index (χ4n) is 1.53. The number of methoxy groups -OCH3 is 1. The van der Waals surface area contributed by atoms with Crippen molar-refractivity contribution in [1.82, 2.24) is 0 Å². The molecule has 7 nitrogen and oxygen atoms in total. The number of allylic oxidation sites excluding steroid dienone is 1. The number of hydrogen-bond donors (Lipinski definition) is 0. The highest BCUT2D eigenvalue weighted by molar-refractivity contribution is 7.75. The van der Waals surface area contributed by atoms with Crippen LogP contribution >= 0.6 is 7.60 Å². The van der Waals surface area contributed by atoms with Gasteiger partial charge in [0.15, 0.2) is 0 Å². The number of rotatable bonds is 7. The lowest BCUT2D eigenvalue weighted by atomic mass is 10.1. The number of carbonyl (C=O) groups is 1. The van der Waals surface area contributed by atoms with Crippen LogP contribution < -0.4 is 0 Å². The molecule has 0 saturated carbocycles.